The minimum atomic E-state index is 0.647. The average Bonchev–Trinajstić information content (AvgIpc) is 2.57. The molecular formula is C14H19N3O. The first-order valence-electron chi connectivity index (χ1n) is 6.09. The second kappa shape index (κ2) is 5.23. The van der Waals surface area contributed by atoms with Crippen molar-refractivity contribution in [2.75, 3.05) is 6.54 Å². The molecule has 0 spiro atoms. The van der Waals surface area contributed by atoms with E-state index in [1.807, 2.05) is 43.8 Å². The summed E-state index contributed by atoms with van der Waals surface area (Å²) < 4.78 is 7.75. The Balaban J connectivity index is 2.25. The fourth-order valence-corrected chi connectivity index (χ4v) is 1.95. The van der Waals surface area contributed by atoms with E-state index in [-0.39, 0.29) is 0 Å². The highest BCUT2D eigenvalue weighted by Gasteiger charge is 2.11. The molecule has 1 aromatic heterocycles. The Bertz CT molecular complexity index is 546. The lowest BCUT2D eigenvalue weighted by Gasteiger charge is -2.07. The lowest BCUT2D eigenvalue weighted by molar-refractivity contribution is 0.473. The van der Waals surface area contributed by atoms with Gasteiger partial charge in [0.25, 0.3) is 0 Å². The maximum Gasteiger partial charge on any atom is 0.171 e. The maximum atomic E-state index is 5.92. The molecule has 0 unspecified atom stereocenters. The molecule has 0 saturated heterocycles. The second-order valence-electron chi connectivity index (χ2n) is 4.41. The second-order valence-corrected chi connectivity index (χ2v) is 4.41. The van der Waals surface area contributed by atoms with E-state index in [0.29, 0.717) is 6.54 Å². The van der Waals surface area contributed by atoms with Crippen molar-refractivity contribution in [1.82, 2.24) is 9.78 Å². The number of rotatable bonds is 4. The van der Waals surface area contributed by atoms with Gasteiger partial charge in [-0.05, 0) is 44.5 Å². The van der Waals surface area contributed by atoms with E-state index in [9.17, 15) is 0 Å². The summed E-state index contributed by atoms with van der Waals surface area (Å²) in [5.41, 5.74) is 8.68. The third kappa shape index (κ3) is 2.54. The number of benzene rings is 1. The first-order chi connectivity index (χ1) is 8.61. The highest BCUT2D eigenvalue weighted by Crippen LogP contribution is 2.28. The minimum absolute atomic E-state index is 0.647. The van der Waals surface area contributed by atoms with Gasteiger partial charge in [-0.25, -0.2) is 0 Å². The molecule has 0 bridgehead atoms. The third-order valence-electron chi connectivity index (χ3n) is 2.99. The summed E-state index contributed by atoms with van der Waals surface area (Å²) in [6.45, 7) is 4.60. The number of hydrogen-bond donors (Lipinski definition) is 1. The van der Waals surface area contributed by atoms with Gasteiger partial charge in [-0.2, -0.15) is 5.10 Å². The normalized spacial score (nSPS) is 10.7. The molecular weight excluding hydrogens is 226 g/mol. The van der Waals surface area contributed by atoms with E-state index in [0.717, 1.165) is 29.3 Å². The first kappa shape index (κ1) is 12.6. The van der Waals surface area contributed by atoms with Gasteiger partial charge in [0.2, 0.25) is 0 Å². The molecule has 1 aromatic carbocycles. The summed E-state index contributed by atoms with van der Waals surface area (Å²) in [6.07, 6.45) is 0.863. The van der Waals surface area contributed by atoms with Crippen molar-refractivity contribution in [3.63, 3.8) is 0 Å². The van der Waals surface area contributed by atoms with E-state index in [1.165, 1.54) is 5.56 Å². The molecule has 0 aliphatic rings. The Morgan fingerprint density at radius 2 is 2.11 bits per heavy atom. The molecule has 4 heteroatoms. The molecule has 2 rings (SSSR count). The molecule has 0 fully saturated rings. The number of aromatic nitrogens is 2. The standard InChI is InChI=1S/C14H19N3O/c1-10-14(11(2)17(3)16-10)18-13-6-4-5-12(9-13)7-8-15/h4-6,9H,7-8,15H2,1-3H3. The summed E-state index contributed by atoms with van der Waals surface area (Å²) in [5.74, 6) is 1.67. The Kier molecular flexibility index (Phi) is 3.67. The van der Waals surface area contributed by atoms with Crippen molar-refractivity contribution in [3.8, 4) is 11.5 Å². The van der Waals surface area contributed by atoms with Crippen molar-refractivity contribution < 1.29 is 4.74 Å². The molecule has 4 nitrogen and oxygen atoms in total. The summed E-state index contributed by atoms with van der Waals surface area (Å²) in [6, 6.07) is 8.02. The minimum Gasteiger partial charge on any atom is -0.453 e. The molecule has 0 atom stereocenters. The van der Waals surface area contributed by atoms with Crippen LogP contribution >= 0.6 is 0 Å². The zero-order valence-corrected chi connectivity index (χ0v) is 11.1. The van der Waals surface area contributed by atoms with Gasteiger partial charge < -0.3 is 10.5 Å². The summed E-state index contributed by atoms with van der Waals surface area (Å²) >= 11 is 0. The van der Waals surface area contributed by atoms with Gasteiger partial charge in [-0.1, -0.05) is 12.1 Å². The van der Waals surface area contributed by atoms with Gasteiger partial charge in [0, 0.05) is 7.05 Å². The SMILES string of the molecule is Cc1nn(C)c(C)c1Oc1cccc(CCN)c1. The molecule has 1 heterocycles. The largest absolute Gasteiger partial charge is 0.453 e. The van der Waals surface area contributed by atoms with Crippen LogP contribution in [0.4, 0.5) is 0 Å². The highest BCUT2D eigenvalue weighted by atomic mass is 16.5. The predicted molar refractivity (Wildman–Crippen MR) is 72.0 cm³/mol. The third-order valence-corrected chi connectivity index (χ3v) is 2.99. The quantitative estimate of drug-likeness (QED) is 0.899. The Labute approximate surface area is 107 Å². The van der Waals surface area contributed by atoms with Gasteiger partial charge in [-0.15, -0.1) is 0 Å². The van der Waals surface area contributed by atoms with Crippen LogP contribution in [0.25, 0.3) is 0 Å². The monoisotopic (exact) mass is 245 g/mol. The highest BCUT2D eigenvalue weighted by molar-refractivity contribution is 5.38. The number of nitrogens with two attached hydrogens (primary N) is 1. The van der Waals surface area contributed by atoms with Crippen LogP contribution in [0.3, 0.4) is 0 Å². The Hall–Kier alpha value is -1.81. The molecule has 0 radical (unpaired) electrons. The summed E-state index contributed by atoms with van der Waals surface area (Å²) in [5, 5.41) is 4.34. The Morgan fingerprint density at radius 3 is 2.72 bits per heavy atom. The van der Waals surface area contributed by atoms with Gasteiger partial charge >= 0.3 is 0 Å². The maximum absolute atomic E-state index is 5.92. The van der Waals surface area contributed by atoms with E-state index in [4.69, 9.17) is 10.5 Å². The molecule has 2 aromatic rings. The van der Waals surface area contributed by atoms with Crippen molar-refractivity contribution >= 4 is 0 Å². The number of aryl methyl sites for hydroxylation is 2. The zero-order valence-electron chi connectivity index (χ0n) is 11.1. The zero-order chi connectivity index (χ0) is 13.1. The number of hydrogen-bond acceptors (Lipinski definition) is 3. The fourth-order valence-electron chi connectivity index (χ4n) is 1.95. The van der Waals surface area contributed by atoms with Crippen molar-refractivity contribution in [3.05, 3.63) is 41.2 Å². The summed E-state index contributed by atoms with van der Waals surface area (Å²) in [4.78, 5) is 0. The smallest absolute Gasteiger partial charge is 0.171 e. The lowest BCUT2D eigenvalue weighted by Crippen LogP contribution is -2.02. The van der Waals surface area contributed by atoms with Crippen LogP contribution in [0.15, 0.2) is 24.3 Å². The molecule has 0 saturated carbocycles. The van der Waals surface area contributed by atoms with Crippen LogP contribution in [0.5, 0.6) is 11.5 Å². The van der Waals surface area contributed by atoms with Crippen LogP contribution in [-0.4, -0.2) is 16.3 Å². The van der Waals surface area contributed by atoms with Gasteiger partial charge in [0.15, 0.2) is 5.75 Å². The topological polar surface area (TPSA) is 53.1 Å². The van der Waals surface area contributed by atoms with Crippen LogP contribution < -0.4 is 10.5 Å². The summed E-state index contributed by atoms with van der Waals surface area (Å²) in [7, 11) is 1.92. The molecule has 0 aliphatic heterocycles. The molecule has 0 aliphatic carbocycles. The van der Waals surface area contributed by atoms with E-state index < -0.39 is 0 Å². The van der Waals surface area contributed by atoms with Crippen LogP contribution in [-0.2, 0) is 13.5 Å². The molecule has 0 amide bonds. The van der Waals surface area contributed by atoms with E-state index in [1.54, 1.807) is 0 Å². The number of nitrogens with zero attached hydrogens (tertiary/aromatic N) is 2. The lowest BCUT2D eigenvalue weighted by atomic mass is 10.1. The Morgan fingerprint density at radius 1 is 1.33 bits per heavy atom. The average molecular weight is 245 g/mol. The van der Waals surface area contributed by atoms with Crippen LogP contribution in [0.1, 0.15) is 17.0 Å². The van der Waals surface area contributed by atoms with Gasteiger partial charge in [-0.3, -0.25) is 4.68 Å². The fraction of sp³-hybridized carbons (Fsp3) is 0.357. The first-order valence-corrected chi connectivity index (χ1v) is 6.09. The molecule has 18 heavy (non-hydrogen) atoms. The van der Waals surface area contributed by atoms with Crippen molar-refractivity contribution in [1.29, 1.82) is 0 Å². The van der Waals surface area contributed by atoms with Crippen molar-refractivity contribution in [2.45, 2.75) is 20.3 Å². The van der Waals surface area contributed by atoms with Crippen molar-refractivity contribution in [2.24, 2.45) is 12.8 Å². The van der Waals surface area contributed by atoms with E-state index in [2.05, 4.69) is 11.2 Å². The van der Waals surface area contributed by atoms with Crippen LogP contribution in [0, 0.1) is 13.8 Å². The van der Waals surface area contributed by atoms with Gasteiger partial charge in [0.1, 0.15) is 11.4 Å². The number of ether oxygens (including phenoxy) is 1. The molecule has 96 valence electrons. The predicted octanol–water partition coefficient (Wildman–Crippen LogP) is 2.33. The molecule has 2 N–H and O–H groups in total. The van der Waals surface area contributed by atoms with Gasteiger partial charge in [0.05, 0.1) is 5.69 Å². The van der Waals surface area contributed by atoms with Crippen LogP contribution in [0.2, 0.25) is 0 Å². The van der Waals surface area contributed by atoms with E-state index >= 15 is 0 Å².